The molecule has 0 saturated carbocycles. The van der Waals surface area contributed by atoms with Crippen molar-refractivity contribution >= 4 is 28.9 Å². The number of hydrogen-bond acceptors (Lipinski definition) is 13. The maximum absolute atomic E-state index is 17.1. The number of nitrogens with zero attached hydrogens (tertiary/aromatic N) is 6. The van der Waals surface area contributed by atoms with Crippen LogP contribution in [0.25, 0.3) is 39.4 Å². The van der Waals surface area contributed by atoms with Crippen molar-refractivity contribution in [3.8, 4) is 40.0 Å². The quantitative estimate of drug-likeness (QED) is 0.0809. The number of hydrogen-bond donors (Lipinski definition) is 5. The minimum atomic E-state index is -1.97. The first kappa shape index (κ1) is 51.7. The van der Waals surface area contributed by atoms with Crippen molar-refractivity contribution in [1.29, 1.82) is 0 Å². The topological polar surface area (TPSA) is 248 Å². The number of halogens is 1. The van der Waals surface area contributed by atoms with E-state index in [1.54, 1.807) is 28.5 Å². The highest BCUT2D eigenvalue weighted by Crippen LogP contribution is 2.45. The number of aromatic hydroxyl groups is 2. The van der Waals surface area contributed by atoms with Crippen molar-refractivity contribution in [2.24, 2.45) is 23.5 Å². The molecular formula is C58H65FN8O10. The second kappa shape index (κ2) is 19.6. The maximum Gasteiger partial charge on any atom is 0.410 e. The maximum atomic E-state index is 17.1. The van der Waals surface area contributed by atoms with Crippen LogP contribution in [0, 0.1) is 23.6 Å². The Bertz CT molecular complexity index is 3520. The number of rotatable bonds is 12. The smallest absolute Gasteiger partial charge is 0.410 e. The molecule has 18 nitrogen and oxygen atoms in total. The molecule has 1 aliphatic carbocycles. The molecular weight excluding hydrogens is 988 g/mol. The van der Waals surface area contributed by atoms with Gasteiger partial charge < -0.3 is 44.9 Å². The van der Waals surface area contributed by atoms with E-state index in [1.165, 1.54) is 30.5 Å². The number of H-pyrrole nitrogens is 1. The Hall–Kier alpha value is -7.38. The van der Waals surface area contributed by atoms with Gasteiger partial charge in [-0.2, -0.15) is 5.10 Å². The first-order valence-electron chi connectivity index (χ1n) is 26.9. The van der Waals surface area contributed by atoms with Crippen molar-refractivity contribution < 1.29 is 43.6 Å². The number of carbonyl (C=O) groups excluding carboxylic acids is 3. The summed E-state index contributed by atoms with van der Waals surface area (Å²) in [7, 11) is 0. The van der Waals surface area contributed by atoms with E-state index in [-0.39, 0.29) is 77.9 Å². The van der Waals surface area contributed by atoms with Crippen LogP contribution in [0.2, 0.25) is 0 Å². The molecule has 0 spiro atoms. The van der Waals surface area contributed by atoms with Crippen LogP contribution in [0.3, 0.4) is 0 Å². The summed E-state index contributed by atoms with van der Waals surface area (Å²) in [5, 5.41) is 40.3. The Morgan fingerprint density at radius 1 is 0.948 bits per heavy atom. The summed E-state index contributed by atoms with van der Waals surface area (Å²) >= 11 is 0. The number of phenolic OH excluding ortho intramolecular Hbond substituents is 2. The van der Waals surface area contributed by atoms with Crippen LogP contribution in [-0.2, 0) is 63.5 Å². The summed E-state index contributed by atoms with van der Waals surface area (Å²) < 4.78 is 31.0. The van der Waals surface area contributed by atoms with Crippen molar-refractivity contribution in [2.45, 2.75) is 123 Å². The lowest BCUT2D eigenvalue weighted by Crippen LogP contribution is -2.51. The summed E-state index contributed by atoms with van der Waals surface area (Å²) in [5.74, 6) is -1.65. The number of primary amides is 1. The second-order valence-electron chi connectivity index (χ2n) is 22.7. The number of cyclic esters (lactones) is 1. The average Bonchev–Trinajstić information content (AvgIpc) is 4.11. The molecule has 2 amide bonds. The fourth-order valence-electron chi connectivity index (χ4n) is 12.7. The van der Waals surface area contributed by atoms with Gasteiger partial charge in [0.2, 0.25) is 0 Å². The minimum absolute atomic E-state index is 0.0188. The number of phenols is 2. The van der Waals surface area contributed by atoms with Crippen LogP contribution in [-0.4, -0.2) is 106 Å². The third-order valence-electron chi connectivity index (χ3n) is 17.3. The Labute approximate surface area is 443 Å². The molecule has 3 atom stereocenters. The van der Waals surface area contributed by atoms with Gasteiger partial charge in [0.25, 0.3) is 11.5 Å². The van der Waals surface area contributed by atoms with Gasteiger partial charge in [0, 0.05) is 48.3 Å². The molecule has 11 rings (SSSR count). The number of nitrogens with two attached hydrogens (primary N) is 1. The molecule has 0 bridgehead atoms. The number of aliphatic hydroxyl groups is 1. The van der Waals surface area contributed by atoms with Gasteiger partial charge in [-0.25, -0.2) is 33.4 Å². The molecule has 19 heteroatoms. The zero-order valence-corrected chi connectivity index (χ0v) is 44.1. The number of amides is 2. The number of pyridine rings is 2. The van der Waals surface area contributed by atoms with Gasteiger partial charge in [-0.15, -0.1) is 0 Å². The van der Waals surface area contributed by atoms with E-state index in [2.05, 4.69) is 15.1 Å². The Balaban J connectivity index is 0.823. The number of nitrogens with one attached hydrogen (secondary N) is 1. The predicted octanol–water partition coefficient (Wildman–Crippen LogP) is 6.62. The van der Waals surface area contributed by atoms with Crippen molar-refractivity contribution in [1.82, 2.24) is 34.1 Å². The number of aryl methyl sites for hydroxylation is 2. The summed E-state index contributed by atoms with van der Waals surface area (Å²) in [5.41, 5.74) is 9.26. The van der Waals surface area contributed by atoms with Crippen molar-refractivity contribution in [2.75, 3.05) is 32.7 Å². The molecule has 2 fully saturated rings. The molecule has 2 unspecified atom stereocenters. The number of esters is 1. The van der Waals surface area contributed by atoms with Gasteiger partial charge in [0.1, 0.15) is 23.9 Å². The SMILES string of the molecule is CC[C@@]1(O)C(=O)OCc2c1cc1n(c2=O)Cc2c-1nc1cc(F)c(CC3CN(C(=O)OC(C)(C)C(N)=O)CCC3CN3CCC(Cc4ccc(-n5c(-c6cc(C(C)C)c(O)cc6O)n[nH]c5=O)cc4)CC3)c3c1c2CCC3. The Morgan fingerprint density at radius 2 is 1.69 bits per heavy atom. The highest BCUT2D eigenvalue weighted by atomic mass is 19.1. The van der Waals surface area contributed by atoms with Crippen LogP contribution in [0.4, 0.5) is 9.18 Å². The van der Waals surface area contributed by atoms with Crippen LogP contribution < -0.4 is 17.0 Å². The fraction of sp³-hybridized carbons (Fsp3) is 0.466. The number of piperidine rings is 2. The predicted molar refractivity (Wildman–Crippen MR) is 283 cm³/mol. The molecule has 3 aromatic heterocycles. The van der Waals surface area contributed by atoms with Crippen LogP contribution in [0.5, 0.6) is 11.5 Å². The molecule has 4 aliphatic heterocycles. The second-order valence-corrected chi connectivity index (χ2v) is 22.7. The fourth-order valence-corrected chi connectivity index (χ4v) is 12.7. The lowest BCUT2D eigenvalue weighted by molar-refractivity contribution is -0.172. The first-order chi connectivity index (χ1) is 36.7. The van der Waals surface area contributed by atoms with Gasteiger partial charge in [-0.3, -0.25) is 9.59 Å². The molecule has 2 saturated heterocycles. The highest BCUT2D eigenvalue weighted by Gasteiger charge is 2.46. The lowest BCUT2D eigenvalue weighted by atomic mass is 9.77. The van der Waals surface area contributed by atoms with E-state index in [0.717, 1.165) is 73.0 Å². The minimum Gasteiger partial charge on any atom is -0.508 e. The average molecular weight is 1050 g/mol. The highest BCUT2D eigenvalue weighted by molar-refractivity contribution is 5.93. The Kier molecular flexibility index (Phi) is 13.1. The number of aromatic nitrogens is 5. The molecule has 77 heavy (non-hydrogen) atoms. The van der Waals surface area contributed by atoms with E-state index >= 15 is 4.39 Å². The summed E-state index contributed by atoms with van der Waals surface area (Å²) in [6.45, 7) is 11.6. The van der Waals surface area contributed by atoms with Gasteiger partial charge in [-0.1, -0.05) is 32.9 Å². The molecule has 0 radical (unpaired) electrons. The normalized spacial score (nSPS) is 20.5. The number of fused-ring (bicyclic) bond motifs is 5. The standard InChI is InChI=1S/C58H65FN8O10/c1-6-58(75)43-23-46-50-41(28-66(46)52(70)42(43)29-76-54(58)72)37-9-7-8-36-39(44(59)24-45(61-50)49(36)37)21-34-27-65(56(74)77-57(4,5)53(60)71)19-16-33(34)26-64-17-14-32(15-18-64)20-31-10-12-35(13-11-31)67-51(62-63-55(67)73)40-22-38(30(2)3)47(68)25-48(40)69/h10-13,22-25,30,32-34,68-69,75H,6-9,14-21,26-29H2,1-5H3,(H2,60,71)(H,63,73)/t33?,34?,58-/m0/s1. The molecule has 5 aliphatic rings. The van der Waals surface area contributed by atoms with Gasteiger partial charge in [0.15, 0.2) is 17.0 Å². The molecule has 6 aromatic rings. The van der Waals surface area contributed by atoms with E-state index in [0.29, 0.717) is 77.4 Å². The van der Waals surface area contributed by atoms with E-state index in [9.17, 15) is 39.3 Å². The molecule has 3 aromatic carbocycles. The number of ether oxygens (including phenoxy) is 2. The third-order valence-corrected chi connectivity index (χ3v) is 17.3. The van der Waals surface area contributed by atoms with Crippen LogP contribution in [0.1, 0.15) is 117 Å². The number of benzene rings is 3. The van der Waals surface area contributed by atoms with Crippen molar-refractivity contribution in [3.05, 3.63) is 120 Å². The zero-order valence-electron chi connectivity index (χ0n) is 44.1. The summed E-state index contributed by atoms with van der Waals surface area (Å²) in [6.07, 6.45) is 5.19. The number of aromatic amines is 1. The zero-order chi connectivity index (χ0) is 54.4. The van der Waals surface area contributed by atoms with Crippen LogP contribution >= 0.6 is 0 Å². The van der Waals surface area contributed by atoms with E-state index in [1.807, 2.05) is 38.1 Å². The third kappa shape index (κ3) is 9.03. The van der Waals surface area contributed by atoms with Gasteiger partial charge in [0.05, 0.1) is 40.3 Å². The molecule has 404 valence electrons. The van der Waals surface area contributed by atoms with Gasteiger partial charge >= 0.3 is 17.8 Å². The lowest BCUT2D eigenvalue weighted by Gasteiger charge is -2.42. The number of likely N-dealkylation sites (tertiary alicyclic amines) is 2. The molecule has 7 heterocycles. The van der Waals surface area contributed by atoms with E-state index in [4.69, 9.17) is 20.2 Å². The largest absolute Gasteiger partial charge is 0.508 e. The first-order valence-corrected chi connectivity index (χ1v) is 26.9. The monoisotopic (exact) mass is 1050 g/mol. The number of carbonyl (C=O) groups is 3. The van der Waals surface area contributed by atoms with E-state index < -0.39 is 40.7 Å². The Morgan fingerprint density at radius 3 is 2.40 bits per heavy atom. The van der Waals surface area contributed by atoms with Crippen LogP contribution in [0.15, 0.2) is 58.1 Å². The summed E-state index contributed by atoms with van der Waals surface area (Å²) in [6, 6.07) is 13.9. The summed E-state index contributed by atoms with van der Waals surface area (Å²) in [4.78, 5) is 75.0. The van der Waals surface area contributed by atoms with Crippen molar-refractivity contribution in [3.63, 3.8) is 0 Å². The molecule has 6 N–H and O–H groups in total. The van der Waals surface area contributed by atoms with Gasteiger partial charge in [-0.05, 0) is 160 Å².